The molecule has 0 spiro atoms. The molecule has 2 N–H and O–H groups in total. The molecule has 2 aliphatic rings. The molecule has 1 atom stereocenters. The third-order valence-corrected chi connectivity index (χ3v) is 4.05. The van der Waals surface area contributed by atoms with Crippen molar-refractivity contribution in [1.82, 2.24) is 5.32 Å². The standard InChI is InChI=1S/C15H16N2O4/c18-13(16-15(14(19)20)7-4-8-15)12-9-11(17-21-12)10-5-2-1-3-6-10/h1-3,5-6,12H,4,7-9H2,(H,16,18)(H,19,20). The van der Waals surface area contributed by atoms with Gasteiger partial charge < -0.3 is 15.3 Å². The van der Waals surface area contributed by atoms with Crippen LogP contribution in [0.1, 0.15) is 31.2 Å². The summed E-state index contributed by atoms with van der Waals surface area (Å²) in [7, 11) is 0. The predicted octanol–water partition coefficient (Wildman–Crippen LogP) is 1.30. The number of amides is 1. The molecule has 21 heavy (non-hydrogen) atoms. The molecule has 1 unspecified atom stereocenters. The lowest BCUT2D eigenvalue weighted by atomic mass is 9.76. The van der Waals surface area contributed by atoms with E-state index in [1.165, 1.54) is 0 Å². The van der Waals surface area contributed by atoms with Gasteiger partial charge in [-0.3, -0.25) is 4.79 Å². The summed E-state index contributed by atoms with van der Waals surface area (Å²) in [4.78, 5) is 28.6. The molecule has 0 aromatic heterocycles. The van der Waals surface area contributed by atoms with E-state index in [2.05, 4.69) is 10.5 Å². The zero-order valence-electron chi connectivity index (χ0n) is 11.4. The zero-order valence-corrected chi connectivity index (χ0v) is 11.4. The van der Waals surface area contributed by atoms with E-state index < -0.39 is 23.5 Å². The Kier molecular flexibility index (Phi) is 3.37. The number of carboxylic acids is 1. The number of carboxylic acid groups (broad SMARTS) is 1. The number of hydrogen-bond donors (Lipinski definition) is 2. The van der Waals surface area contributed by atoms with Gasteiger partial charge in [0.2, 0.25) is 6.10 Å². The van der Waals surface area contributed by atoms with Crippen LogP contribution in [0.4, 0.5) is 0 Å². The van der Waals surface area contributed by atoms with E-state index in [4.69, 9.17) is 4.84 Å². The molecule has 0 saturated heterocycles. The minimum atomic E-state index is -1.12. The first kappa shape index (κ1) is 13.6. The first-order valence-electron chi connectivity index (χ1n) is 6.94. The smallest absolute Gasteiger partial charge is 0.329 e. The molecule has 6 heteroatoms. The SMILES string of the molecule is O=C(NC1(C(=O)O)CCC1)C1CC(c2ccccc2)=NO1. The summed E-state index contributed by atoms with van der Waals surface area (Å²) in [5, 5.41) is 15.8. The second-order valence-electron chi connectivity index (χ2n) is 5.43. The van der Waals surface area contributed by atoms with Gasteiger partial charge in [0.05, 0.1) is 5.71 Å². The summed E-state index contributed by atoms with van der Waals surface area (Å²) < 4.78 is 0. The molecular weight excluding hydrogens is 272 g/mol. The number of rotatable bonds is 4. The summed E-state index contributed by atoms with van der Waals surface area (Å²) in [5.74, 6) is -1.39. The third kappa shape index (κ3) is 2.49. The molecule has 1 amide bonds. The van der Waals surface area contributed by atoms with Crippen LogP contribution in [-0.4, -0.2) is 34.3 Å². The highest BCUT2D eigenvalue weighted by Crippen LogP contribution is 2.32. The van der Waals surface area contributed by atoms with Crippen LogP contribution in [0.25, 0.3) is 0 Å². The van der Waals surface area contributed by atoms with Gasteiger partial charge in [-0.15, -0.1) is 0 Å². The second-order valence-corrected chi connectivity index (χ2v) is 5.43. The third-order valence-electron chi connectivity index (χ3n) is 4.05. The van der Waals surface area contributed by atoms with Crippen LogP contribution in [0, 0.1) is 0 Å². The Labute approximate surface area is 121 Å². The van der Waals surface area contributed by atoms with Crippen molar-refractivity contribution >= 4 is 17.6 Å². The van der Waals surface area contributed by atoms with Crippen molar-refractivity contribution in [3.63, 3.8) is 0 Å². The van der Waals surface area contributed by atoms with E-state index in [0.717, 1.165) is 12.0 Å². The number of oxime groups is 1. The number of carbonyl (C=O) groups is 2. The summed E-state index contributed by atoms with van der Waals surface area (Å²) >= 11 is 0. The van der Waals surface area contributed by atoms with Crippen molar-refractivity contribution in [1.29, 1.82) is 0 Å². The molecule has 1 aromatic rings. The second kappa shape index (κ2) is 5.20. The molecule has 1 heterocycles. The summed E-state index contributed by atoms with van der Waals surface area (Å²) in [6, 6.07) is 9.47. The molecule has 1 aromatic carbocycles. The Hall–Kier alpha value is -2.37. The van der Waals surface area contributed by atoms with Crippen LogP contribution in [0.2, 0.25) is 0 Å². The summed E-state index contributed by atoms with van der Waals surface area (Å²) in [5.41, 5.74) is 0.494. The van der Waals surface area contributed by atoms with Crippen molar-refractivity contribution in [3.8, 4) is 0 Å². The van der Waals surface area contributed by atoms with Crippen molar-refractivity contribution in [2.24, 2.45) is 5.16 Å². The molecule has 110 valence electrons. The van der Waals surface area contributed by atoms with E-state index >= 15 is 0 Å². The minimum absolute atomic E-state index is 0.353. The maximum atomic E-state index is 12.2. The van der Waals surface area contributed by atoms with Crippen molar-refractivity contribution in [2.75, 3.05) is 0 Å². The van der Waals surface area contributed by atoms with E-state index in [9.17, 15) is 14.7 Å². The average Bonchev–Trinajstić information content (AvgIpc) is 2.93. The Morgan fingerprint density at radius 3 is 2.57 bits per heavy atom. The molecular formula is C15H16N2O4. The van der Waals surface area contributed by atoms with Crippen LogP contribution in [0.3, 0.4) is 0 Å². The Bertz CT molecular complexity index is 593. The van der Waals surface area contributed by atoms with Crippen LogP contribution >= 0.6 is 0 Å². The van der Waals surface area contributed by atoms with Crippen LogP contribution in [0.15, 0.2) is 35.5 Å². The quantitative estimate of drug-likeness (QED) is 0.874. The number of hydrogen-bond acceptors (Lipinski definition) is 4. The minimum Gasteiger partial charge on any atom is -0.480 e. The van der Waals surface area contributed by atoms with Crippen LogP contribution < -0.4 is 5.32 Å². The molecule has 1 aliphatic carbocycles. The topological polar surface area (TPSA) is 88.0 Å². The first-order chi connectivity index (χ1) is 10.1. The zero-order chi connectivity index (χ0) is 14.9. The number of nitrogens with zero attached hydrogens (tertiary/aromatic N) is 1. The highest BCUT2D eigenvalue weighted by Gasteiger charge is 2.47. The Balaban J connectivity index is 1.63. The average molecular weight is 288 g/mol. The molecule has 1 fully saturated rings. The number of carbonyl (C=O) groups excluding carboxylic acids is 1. The summed E-state index contributed by atoms with van der Waals surface area (Å²) in [6.07, 6.45) is 1.34. The Morgan fingerprint density at radius 1 is 1.29 bits per heavy atom. The fourth-order valence-electron chi connectivity index (χ4n) is 2.56. The van der Waals surface area contributed by atoms with Gasteiger partial charge in [0.1, 0.15) is 5.54 Å². The summed E-state index contributed by atoms with van der Waals surface area (Å²) in [6.45, 7) is 0. The molecule has 6 nitrogen and oxygen atoms in total. The number of aliphatic carboxylic acids is 1. The maximum absolute atomic E-state index is 12.2. The highest BCUT2D eigenvalue weighted by atomic mass is 16.6. The van der Waals surface area contributed by atoms with Gasteiger partial charge >= 0.3 is 5.97 Å². The molecule has 3 rings (SSSR count). The lowest BCUT2D eigenvalue weighted by Crippen LogP contribution is -2.60. The van der Waals surface area contributed by atoms with Gasteiger partial charge in [-0.05, 0) is 24.8 Å². The molecule has 1 saturated carbocycles. The number of nitrogens with one attached hydrogen (secondary N) is 1. The largest absolute Gasteiger partial charge is 0.480 e. The van der Waals surface area contributed by atoms with E-state index in [0.29, 0.717) is 25.0 Å². The normalized spacial score (nSPS) is 22.7. The predicted molar refractivity (Wildman–Crippen MR) is 74.8 cm³/mol. The van der Waals surface area contributed by atoms with Crippen molar-refractivity contribution in [2.45, 2.75) is 37.3 Å². The first-order valence-corrected chi connectivity index (χ1v) is 6.94. The Morgan fingerprint density at radius 2 is 2.00 bits per heavy atom. The van der Waals surface area contributed by atoms with Crippen LogP contribution in [0.5, 0.6) is 0 Å². The fraction of sp³-hybridized carbons (Fsp3) is 0.400. The monoisotopic (exact) mass is 288 g/mol. The van der Waals surface area contributed by atoms with E-state index in [1.54, 1.807) is 0 Å². The van der Waals surface area contributed by atoms with Gasteiger partial charge in [0.25, 0.3) is 5.91 Å². The highest BCUT2D eigenvalue weighted by molar-refractivity contribution is 6.04. The van der Waals surface area contributed by atoms with Gasteiger partial charge in [-0.25, -0.2) is 4.79 Å². The van der Waals surface area contributed by atoms with Crippen molar-refractivity contribution in [3.05, 3.63) is 35.9 Å². The van der Waals surface area contributed by atoms with Gasteiger partial charge in [-0.1, -0.05) is 35.5 Å². The van der Waals surface area contributed by atoms with Crippen molar-refractivity contribution < 1.29 is 19.5 Å². The van der Waals surface area contributed by atoms with E-state index in [-0.39, 0.29) is 0 Å². The van der Waals surface area contributed by atoms with Gasteiger partial charge in [0, 0.05) is 6.42 Å². The molecule has 1 aliphatic heterocycles. The molecule has 0 bridgehead atoms. The van der Waals surface area contributed by atoms with E-state index in [1.807, 2.05) is 30.3 Å². The lowest BCUT2D eigenvalue weighted by molar-refractivity contribution is -0.153. The van der Waals surface area contributed by atoms with Gasteiger partial charge in [0.15, 0.2) is 0 Å². The fourth-order valence-corrected chi connectivity index (χ4v) is 2.56. The number of benzene rings is 1. The van der Waals surface area contributed by atoms with Crippen LogP contribution in [-0.2, 0) is 14.4 Å². The van der Waals surface area contributed by atoms with Gasteiger partial charge in [-0.2, -0.15) is 0 Å². The molecule has 0 radical (unpaired) electrons. The lowest BCUT2D eigenvalue weighted by Gasteiger charge is -2.38. The maximum Gasteiger partial charge on any atom is 0.329 e.